The van der Waals surface area contributed by atoms with Gasteiger partial charge in [0.2, 0.25) is 0 Å². The minimum atomic E-state index is -0.0244. The van der Waals surface area contributed by atoms with Gasteiger partial charge in [-0.15, -0.1) is 0 Å². The molecule has 0 aromatic heterocycles. The van der Waals surface area contributed by atoms with E-state index < -0.39 is 0 Å². The van der Waals surface area contributed by atoms with Gasteiger partial charge >= 0.3 is 0 Å². The van der Waals surface area contributed by atoms with E-state index in [2.05, 4.69) is 48.8 Å². The molecule has 0 aliphatic rings. The van der Waals surface area contributed by atoms with Crippen molar-refractivity contribution in [3.63, 3.8) is 0 Å². The van der Waals surface area contributed by atoms with Gasteiger partial charge in [-0.3, -0.25) is 0 Å². The highest BCUT2D eigenvalue weighted by molar-refractivity contribution is 9.10. The first-order chi connectivity index (χ1) is 9.38. The Morgan fingerprint density at radius 1 is 1.10 bits per heavy atom. The lowest BCUT2D eigenvalue weighted by Gasteiger charge is -2.17. The van der Waals surface area contributed by atoms with Crippen LogP contribution in [-0.2, 0) is 6.42 Å². The molecule has 2 aromatic carbocycles. The summed E-state index contributed by atoms with van der Waals surface area (Å²) in [7, 11) is 0. The van der Waals surface area contributed by atoms with Gasteiger partial charge in [-0.25, -0.2) is 0 Å². The van der Waals surface area contributed by atoms with E-state index in [1.165, 1.54) is 22.3 Å². The van der Waals surface area contributed by atoms with Crippen LogP contribution in [0.3, 0.4) is 0 Å². The van der Waals surface area contributed by atoms with Gasteiger partial charge in [0.15, 0.2) is 0 Å². The summed E-state index contributed by atoms with van der Waals surface area (Å²) in [5.74, 6) is 0. The molecule has 3 heteroatoms. The van der Waals surface area contributed by atoms with Crippen molar-refractivity contribution in [3.05, 3.63) is 67.6 Å². The summed E-state index contributed by atoms with van der Waals surface area (Å²) in [5, 5.41) is 0.712. The molecule has 0 saturated heterocycles. The van der Waals surface area contributed by atoms with Crippen molar-refractivity contribution in [2.75, 3.05) is 0 Å². The first-order valence-electron chi connectivity index (χ1n) is 6.65. The molecule has 2 rings (SSSR count). The van der Waals surface area contributed by atoms with Crippen molar-refractivity contribution < 1.29 is 0 Å². The molecular weight excluding hydrogens is 334 g/mol. The van der Waals surface area contributed by atoms with Gasteiger partial charge in [0.05, 0.1) is 5.02 Å². The maximum atomic E-state index is 6.36. The zero-order valence-electron chi connectivity index (χ0n) is 12.0. The van der Waals surface area contributed by atoms with Crippen LogP contribution in [0.15, 0.2) is 34.8 Å². The van der Waals surface area contributed by atoms with Crippen molar-refractivity contribution in [1.29, 1.82) is 0 Å². The zero-order chi connectivity index (χ0) is 14.9. The molecule has 0 saturated carbocycles. The Bertz CT molecular complexity index is 614. The van der Waals surface area contributed by atoms with E-state index in [1.54, 1.807) is 0 Å². The first kappa shape index (κ1) is 15.6. The van der Waals surface area contributed by atoms with Crippen molar-refractivity contribution in [3.8, 4) is 0 Å². The Labute approximate surface area is 134 Å². The summed E-state index contributed by atoms with van der Waals surface area (Å²) >= 11 is 9.48. The van der Waals surface area contributed by atoms with Gasteiger partial charge in [-0.2, -0.15) is 0 Å². The number of hydrogen-bond donors (Lipinski definition) is 1. The van der Waals surface area contributed by atoms with E-state index >= 15 is 0 Å². The molecule has 0 fully saturated rings. The molecule has 2 aromatic rings. The van der Waals surface area contributed by atoms with E-state index in [1.807, 2.05) is 18.2 Å². The van der Waals surface area contributed by atoms with Crippen molar-refractivity contribution in [2.45, 2.75) is 33.2 Å². The lowest BCUT2D eigenvalue weighted by atomic mass is 9.92. The number of rotatable bonds is 3. The standard InChI is InChI=1S/C17H19BrClN/c1-10-6-11(2)14(12(3)7-10)9-17(20)13-4-5-16(19)15(18)8-13/h4-8,17H,9,20H2,1-3H3. The number of hydrogen-bond acceptors (Lipinski definition) is 1. The highest BCUT2D eigenvalue weighted by Crippen LogP contribution is 2.28. The second-order valence-electron chi connectivity index (χ2n) is 5.36. The lowest BCUT2D eigenvalue weighted by molar-refractivity contribution is 0.715. The van der Waals surface area contributed by atoms with Gasteiger partial charge in [-0.1, -0.05) is 35.4 Å². The third kappa shape index (κ3) is 3.43. The summed E-state index contributed by atoms with van der Waals surface area (Å²) in [6.45, 7) is 6.43. The van der Waals surface area contributed by atoms with Crippen LogP contribution in [0.25, 0.3) is 0 Å². The minimum Gasteiger partial charge on any atom is -0.324 e. The average Bonchev–Trinajstić information content (AvgIpc) is 2.36. The fourth-order valence-corrected chi connectivity index (χ4v) is 3.13. The molecule has 106 valence electrons. The molecule has 0 spiro atoms. The highest BCUT2D eigenvalue weighted by atomic mass is 79.9. The molecule has 0 heterocycles. The van der Waals surface area contributed by atoms with Gasteiger partial charge in [0, 0.05) is 10.5 Å². The summed E-state index contributed by atoms with van der Waals surface area (Å²) in [4.78, 5) is 0. The Kier molecular flexibility index (Phi) is 4.90. The lowest BCUT2D eigenvalue weighted by Crippen LogP contribution is -2.15. The van der Waals surface area contributed by atoms with Crippen LogP contribution >= 0.6 is 27.5 Å². The monoisotopic (exact) mass is 351 g/mol. The highest BCUT2D eigenvalue weighted by Gasteiger charge is 2.12. The van der Waals surface area contributed by atoms with Crippen molar-refractivity contribution >= 4 is 27.5 Å². The molecule has 1 unspecified atom stereocenters. The molecule has 0 bridgehead atoms. The van der Waals surface area contributed by atoms with Crippen molar-refractivity contribution in [1.82, 2.24) is 0 Å². The first-order valence-corrected chi connectivity index (χ1v) is 7.83. The second-order valence-corrected chi connectivity index (χ2v) is 6.62. The second kappa shape index (κ2) is 6.30. The minimum absolute atomic E-state index is 0.0244. The van der Waals surface area contributed by atoms with Crippen LogP contribution in [0.4, 0.5) is 0 Å². The number of aryl methyl sites for hydroxylation is 3. The SMILES string of the molecule is Cc1cc(C)c(CC(N)c2ccc(Cl)c(Br)c2)c(C)c1. The molecule has 0 radical (unpaired) electrons. The Balaban J connectivity index is 2.27. The Morgan fingerprint density at radius 2 is 1.70 bits per heavy atom. The quantitative estimate of drug-likeness (QED) is 0.800. The van der Waals surface area contributed by atoms with E-state index in [9.17, 15) is 0 Å². The Hall–Kier alpha value is -0.830. The van der Waals surface area contributed by atoms with Gasteiger partial charge in [-0.05, 0) is 77.5 Å². The number of nitrogens with two attached hydrogens (primary N) is 1. The third-order valence-corrected chi connectivity index (χ3v) is 4.85. The van der Waals surface area contributed by atoms with Crippen LogP contribution in [-0.4, -0.2) is 0 Å². The summed E-state index contributed by atoms with van der Waals surface area (Å²) in [5.41, 5.74) is 12.7. The summed E-state index contributed by atoms with van der Waals surface area (Å²) < 4.78 is 0.893. The maximum Gasteiger partial charge on any atom is 0.0548 e. The average molecular weight is 353 g/mol. The fraction of sp³-hybridized carbons (Fsp3) is 0.294. The molecule has 1 atom stereocenters. The summed E-state index contributed by atoms with van der Waals surface area (Å²) in [6, 6.07) is 10.3. The molecular formula is C17H19BrClN. The zero-order valence-corrected chi connectivity index (χ0v) is 14.3. The molecule has 0 amide bonds. The number of halogens is 2. The molecule has 0 aliphatic carbocycles. The fourth-order valence-electron chi connectivity index (χ4n) is 2.61. The molecule has 2 N–H and O–H groups in total. The van der Waals surface area contributed by atoms with Crippen LogP contribution < -0.4 is 5.73 Å². The molecule has 20 heavy (non-hydrogen) atoms. The maximum absolute atomic E-state index is 6.36. The van der Waals surface area contributed by atoms with Gasteiger partial charge in [0.1, 0.15) is 0 Å². The van der Waals surface area contributed by atoms with Crippen LogP contribution in [0.5, 0.6) is 0 Å². The molecule has 0 aliphatic heterocycles. The van der Waals surface area contributed by atoms with Crippen LogP contribution in [0, 0.1) is 20.8 Å². The topological polar surface area (TPSA) is 26.0 Å². The smallest absolute Gasteiger partial charge is 0.0548 e. The normalized spacial score (nSPS) is 12.5. The predicted octanol–water partition coefficient (Wildman–Crippen LogP) is 5.27. The Morgan fingerprint density at radius 3 is 2.25 bits per heavy atom. The predicted molar refractivity (Wildman–Crippen MR) is 90.4 cm³/mol. The van der Waals surface area contributed by atoms with E-state index in [-0.39, 0.29) is 6.04 Å². The van der Waals surface area contributed by atoms with Gasteiger partial charge in [0.25, 0.3) is 0 Å². The largest absolute Gasteiger partial charge is 0.324 e. The van der Waals surface area contributed by atoms with Crippen molar-refractivity contribution in [2.24, 2.45) is 5.73 Å². The van der Waals surface area contributed by atoms with E-state index in [4.69, 9.17) is 17.3 Å². The van der Waals surface area contributed by atoms with E-state index in [0.717, 1.165) is 16.5 Å². The number of benzene rings is 2. The van der Waals surface area contributed by atoms with Crippen LogP contribution in [0.1, 0.15) is 33.9 Å². The van der Waals surface area contributed by atoms with Crippen LogP contribution in [0.2, 0.25) is 5.02 Å². The summed E-state index contributed by atoms with van der Waals surface area (Å²) in [6.07, 6.45) is 0.839. The third-order valence-electron chi connectivity index (χ3n) is 3.64. The molecule has 1 nitrogen and oxygen atoms in total. The van der Waals surface area contributed by atoms with E-state index in [0.29, 0.717) is 5.02 Å². The van der Waals surface area contributed by atoms with Gasteiger partial charge < -0.3 is 5.73 Å².